The minimum Gasteiger partial charge on any atom is -0.493 e. The largest absolute Gasteiger partial charge is 0.493 e. The molecular weight excluding hydrogens is 370 g/mol. The van der Waals surface area contributed by atoms with Crippen LogP contribution in [0.15, 0.2) is 36.4 Å². The van der Waals surface area contributed by atoms with Gasteiger partial charge in [-0.3, -0.25) is 10.1 Å². The Bertz CT molecular complexity index is 867. The maximum atomic E-state index is 12.2. The highest BCUT2D eigenvalue weighted by Crippen LogP contribution is 2.27. The van der Waals surface area contributed by atoms with Crippen LogP contribution in [0, 0.1) is 13.8 Å². The Kier molecular flexibility index (Phi) is 8.03. The molecule has 0 aliphatic rings. The number of amides is 3. The predicted molar refractivity (Wildman–Crippen MR) is 113 cm³/mol. The number of quaternary nitrogens is 1. The minimum atomic E-state index is -0.534. The Morgan fingerprint density at radius 3 is 2.45 bits per heavy atom. The van der Waals surface area contributed by atoms with Crippen molar-refractivity contribution in [2.75, 3.05) is 32.6 Å². The van der Waals surface area contributed by atoms with E-state index in [2.05, 4.69) is 10.6 Å². The van der Waals surface area contributed by atoms with Gasteiger partial charge in [-0.25, -0.2) is 4.79 Å². The quantitative estimate of drug-likeness (QED) is 0.634. The number of benzene rings is 2. The fourth-order valence-corrected chi connectivity index (χ4v) is 2.93. The number of rotatable bonds is 8. The first kappa shape index (κ1) is 22.2. The van der Waals surface area contributed by atoms with Gasteiger partial charge in [0.1, 0.15) is 6.54 Å². The minimum absolute atomic E-state index is 0.163. The first-order chi connectivity index (χ1) is 13.8. The van der Waals surface area contributed by atoms with Gasteiger partial charge < -0.3 is 19.7 Å². The summed E-state index contributed by atoms with van der Waals surface area (Å²) in [5.74, 6) is 1.01. The Hall–Kier alpha value is -3.06. The van der Waals surface area contributed by atoms with Gasteiger partial charge in [0.2, 0.25) is 0 Å². The van der Waals surface area contributed by atoms with Crippen LogP contribution in [-0.2, 0) is 11.3 Å². The molecule has 1 unspecified atom stereocenters. The van der Waals surface area contributed by atoms with Crippen LogP contribution >= 0.6 is 0 Å². The van der Waals surface area contributed by atoms with Crippen LogP contribution in [0.5, 0.6) is 11.5 Å². The summed E-state index contributed by atoms with van der Waals surface area (Å²) in [7, 11) is 3.49. The number of ether oxygens (including phenoxy) is 2. The fraction of sp³-hybridized carbons (Fsp3) is 0.364. The second-order valence-electron chi connectivity index (χ2n) is 7.03. The number of carbonyl (C=O) groups is 2. The zero-order chi connectivity index (χ0) is 21.4. The summed E-state index contributed by atoms with van der Waals surface area (Å²) in [5, 5.41) is 5.06. The van der Waals surface area contributed by atoms with Crippen LogP contribution in [0.3, 0.4) is 0 Å². The molecule has 0 spiro atoms. The lowest BCUT2D eigenvalue weighted by molar-refractivity contribution is -0.885. The summed E-state index contributed by atoms with van der Waals surface area (Å²) in [6.45, 7) is 7.22. The van der Waals surface area contributed by atoms with Crippen LogP contribution in [0.4, 0.5) is 10.5 Å². The standard InChI is InChI=1S/C22H29N3O4/c1-6-29-19-10-8-17(12-20(19)28-5)13-25(4)14-21(26)24-22(27)23-18-9-7-15(2)16(3)11-18/h7-12H,6,13-14H2,1-5H3,(H2,23,24,26,27)/p+1. The van der Waals surface area contributed by atoms with E-state index >= 15 is 0 Å². The van der Waals surface area contributed by atoms with E-state index in [9.17, 15) is 9.59 Å². The van der Waals surface area contributed by atoms with E-state index in [-0.39, 0.29) is 12.5 Å². The average Bonchev–Trinajstić information content (AvgIpc) is 2.65. The molecule has 0 heterocycles. The average molecular weight is 400 g/mol. The highest BCUT2D eigenvalue weighted by atomic mass is 16.5. The molecule has 0 aromatic heterocycles. The molecule has 29 heavy (non-hydrogen) atoms. The smallest absolute Gasteiger partial charge is 0.326 e. The van der Waals surface area contributed by atoms with Gasteiger partial charge in [-0.2, -0.15) is 0 Å². The lowest BCUT2D eigenvalue weighted by Crippen LogP contribution is -3.09. The van der Waals surface area contributed by atoms with Gasteiger partial charge in [-0.05, 0) is 62.2 Å². The van der Waals surface area contributed by atoms with Crippen molar-refractivity contribution in [3.8, 4) is 11.5 Å². The van der Waals surface area contributed by atoms with Crippen LogP contribution in [0.2, 0.25) is 0 Å². The lowest BCUT2D eigenvalue weighted by atomic mass is 10.1. The molecule has 2 aromatic carbocycles. The summed E-state index contributed by atoms with van der Waals surface area (Å²) in [6, 6.07) is 10.8. The van der Waals surface area contributed by atoms with Crippen molar-refractivity contribution < 1.29 is 24.0 Å². The topological polar surface area (TPSA) is 81.1 Å². The summed E-state index contributed by atoms with van der Waals surface area (Å²) in [5.41, 5.74) is 3.88. The van der Waals surface area contributed by atoms with Crippen molar-refractivity contribution in [3.05, 3.63) is 53.1 Å². The molecule has 156 valence electrons. The summed E-state index contributed by atoms with van der Waals surface area (Å²) in [6.07, 6.45) is 0. The van der Waals surface area contributed by atoms with Gasteiger partial charge >= 0.3 is 6.03 Å². The van der Waals surface area contributed by atoms with Gasteiger partial charge in [0, 0.05) is 11.3 Å². The van der Waals surface area contributed by atoms with E-state index in [1.165, 1.54) is 0 Å². The van der Waals surface area contributed by atoms with Gasteiger partial charge in [0.15, 0.2) is 18.0 Å². The molecule has 2 aromatic rings. The first-order valence-electron chi connectivity index (χ1n) is 9.61. The predicted octanol–water partition coefficient (Wildman–Crippen LogP) is 2.07. The summed E-state index contributed by atoms with van der Waals surface area (Å²) >= 11 is 0. The number of methoxy groups -OCH3 is 1. The molecule has 0 aliphatic heterocycles. The zero-order valence-electron chi connectivity index (χ0n) is 17.7. The Morgan fingerprint density at radius 2 is 1.79 bits per heavy atom. The number of nitrogens with one attached hydrogen (secondary N) is 3. The van der Waals surface area contributed by atoms with Crippen molar-refractivity contribution >= 4 is 17.6 Å². The molecule has 0 aliphatic carbocycles. The monoisotopic (exact) mass is 400 g/mol. The van der Waals surface area contributed by atoms with E-state index in [1.54, 1.807) is 7.11 Å². The maximum Gasteiger partial charge on any atom is 0.326 e. The molecule has 3 amide bonds. The van der Waals surface area contributed by atoms with Gasteiger partial charge in [0.05, 0.1) is 20.8 Å². The number of anilines is 1. The molecule has 2 rings (SSSR count). The van der Waals surface area contributed by atoms with Crippen LogP contribution < -0.4 is 25.0 Å². The third-order valence-electron chi connectivity index (χ3n) is 4.51. The molecule has 7 nitrogen and oxygen atoms in total. The molecule has 0 radical (unpaired) electrons. The van der Waals surface area contributed by atoms with E-state index in [1.807, 2.05) is 64.2 Å². The fourth-order valence-electron chi connectivity index (χ4n) is 2.93. The van der Waals surface area contributed by atoms with E-state index < -0.39 is 6.03 Å². The normalized spacial score (nSPS) is 11.5. The molecule has 0 fully saturated rings. The number of likely N-dealkylation sites (N-methyl/N-ethyl adjacent to an activating group) is 1. The molecule has 0 saturated carbocycles. The second-order valence-corrected chi connectivity index (χ2v) is 7.03. The van der Waals surface area contributed by atoms with Crippen LogP contribution in [-0.4, -0.2) is 39.2 Å². The van der Waals surface area contributed by atoms with Crippen LogP contribution in [0.25, 0.3) is 0 Å². The summed E-state index contributed by atoms with van der Waals surface area (Å²) in [4.78, 5) is 25.2. The molecule has 0 bridgehead atoms. The first-order valence-corrected chi connectivity index (χ1v) is 9.61. The highest BCUT2D eigenvalue weighted by Gasteiger charge is 2.15. The molecule has 1 atom stereocenters. The summed E-state index contributed by atoms with van der Waals surface area (Å²) < 4.78 is 10.9. The van der Waals surface area contributed by atoms with E-state index in [0.29, 0.717) is 30.3 Å². The van der Waals surface area contributed by atoms with E-state index in [4.69, 9.17) is 9.47 Å². The number of urea groups is 1. The van der Waals surface area contributed by atoms with Gasteiger partial charge in [-0.1, -0.05) is 6.07 Å². The second kappa shape index (κ2) is 10.5. The molecular formula is C22H30N3O4+. The SMILES string of the molecule is CCOc1ccc(C[NH+](C)CC(=O)NC(=O)Nc2ccc(C)c(C)c2)cc1OC. The molecule has 7 heteroatoms. The van der Waals surface area contributed by atoms with Gasteiger partial charge in [-0.15, -0.1) is 0 Å². The number of hydrogen-bond acceptors (Lipinski definition) is 4. The van der Waals surface area contributed by atoms with Crippen LogP contribution in [0.1, 0.15) is 23.6 Å². The highest BCUT2D eigenvalue weighted by molar-refractivity contribution is 6.01. The Morgan fingerprint density at radius 1 is 1.03 bits per heavy atom. The third-order valence-corrected chi connectivity index (χ3v) is 4.51. The van der Waals surface area contributed by atoms with Crippen molar-refractivity contribution in [3.63, 3.8) is 0 Å². The van der Waals surface area contributed by atoms with Crippen molar-refractivity contribution in [1.82, 2.24) is 5.32 Å². The number of hydrogen-bond donors (Lipinski definition) is 3. The van der Waals surface area contributed by atoms with Crippen molar-refractivity contribution in [2.24, 2.45) is 0 Å². The Balaban J connectivity index is 1.86. The van der Waals surface area contributed by atoms with E-state index in [0.717, 1.165) is 21.6 Å². The zero-order valence-corrected chi connectivity index (χ0v) is 17.7. The van der Waals surface area contributed by atoms with Crippen molar-refractivity contribution in [1.29, 1.82) is 0 Å². The lowest BCUT2D eigenvalue weighted by Gasteiger charge is -2.15. The van der Waals surface area contributed by atoms with Crippen molar-refractivity contribution in [2.45, 2.75) is 27.3 Å². The maximum absolute atomic E-state index is 12.2. The van der Waals surface area contributed by atoms with Gasteiger partial charge in [0.25, 0.3) is 5.91 Å². The number of imide groups is 1. The Labute approximate surface area is 172 Å². The number of aryl methyl sites for hydroxylation is 2. The third kappa shape index (κ3) is 6.80. The molecule has 0 saturated heterocycles. The molecule has 3 N–H and O–H groups in total. The number of carbonyl (C=O) groups excluding carboxylic acids is 2.